The maximum atomic E-state index is 13.0. The Kier molecular flexibility index (Phi) is 5.94. The number of fused-ring (bicyclic) bond motifs is 1. The molecule has 0 N–H and O–H groups in total. The van der Waals surface area contributed by atoms with Crippen molar-refractivity contribution >= 4 is 29.0 Å². The largest absolute Gasteiger partial charge is 0.495 e. The minimum absolute atomic E-state index is 0.117. The van der Waals surface area contributed by atoms with Gasteiger partial charge < -0.3 is 14.5 Å². The first-order valence-electron chi connectivity index (χ1n) is 11.3. The van der Waals surface area contributed by atoms with Gasteiger partial charge in [-0.05, 0) is 49.1 Å². The Morgan fingerprint density at radius 1 is 0.939 bits per heavy atom. The van der Waals surface area contributed by atoms with Gasteiger partial charge in [0, 0.05) is 37.6 Å². The number of aryl methyl sites for hydroxylation is 1. The summed E-state index contributed by atoms with van der Waals surface area (Å²) in [4.78, 5) is 27.2. The van der Waals surface area contributed by atoms with E-state index >= 15 is 0 Å². The molecule has 5 rings (SSSR count). The first-order valence-corrected chi connectivity index (χ1v) is 11.7. The molecular formula is C26H27ClN4O2. The molecule has 1 aromatic heterocycles. The number of hydrogen-bond acceptors (Lipinski definition) is 6. The molecule has 170 valence electrons. The van der Waals surface area contributed by atoms with Crippen LogP contribution in [0.4, 0.5) is 11.6 Å². The lowest BCUT2D eigenvalue weighted by atomic mass is 9.81. The Morgan fingerprint density at radius 2 is 1.64 bits per heavy atom. The second kappa shape index (κ2) is 9.02. The molecule has 2 aliphatic rings. The number of piperazine rings is 1. The predicted molar refractivity (Wildman–Crippen MR) is 131 cm³/mol. The summed E-state index contributed by atoms with van der Waals surface area (Å²) >= 11 is 6.05. The van der Waals surface area contributed by atoms with Gasteiger partial charge in [0.05, 0.1) is 29.7 Å². The quantitative estimate of drug-likeness (QED) is 0.560. The van der Waals surface area contributed by atoms with E-state index in [-0.39, 0.29) is 11.7 Å². The van der Waals surface area contributed by atoms with E-state index in [1.807, 2.05) is 49.4 Å². The molecule has 1 saturated heterocycles. The van der Waals surface area contributed by atoms with Crippen molar-refractivity contribution in [3.05, 3.63) is 76.1 Å². The molecule has 2 aromatic carbocycles. The number of Topliss-reactive ketones (excluding diaryl/α,β-unsaturated/α-hetero) is 1. The lowest BCUT2D eigenvalue weighted by Crippen LogP contribution is -2.47. The van der Waals surface area contributed by atoms with E-state index in [1.54, 1.807) is 7.11 Å². The highest BCUT2D eigenvalue weighted by atomic mass is 35.5. The van der Waals surface area contributed by atoms with Gasteiger partial charge >= 0.3 is 0 Å². The molecule has 1 unspecified atom stereocenters. The third-order valence-electron chi connectivity index (χ3n) is 6.63. The highest BCUT2D eigenvalue weighted by Gasteiger charge is 2.31. The number of benzene rings is 2. The first-order chi connectivity index (χ1) is 16.0. The Bertz CT molecular complexity index is 1170. The second-order valence-electron chi connectivity index (χ2n) is 8.66. The number of aromatic nitrogens is 2. The number of nitrogens with zero attached hydrogens (tertiary/aromatic N) is 4. The zero-order valence-corrected chi connectivity index (χ0v) is 19.7. The molecule has 33 heavy (non-hydrogen) atoms. The molecule has 1 aliphatic carbocycles. The van der Waals surface area contributed by atoms with Gasteiger partial charge in [-0.2, -0.15) is 0 Å². The molecule has 1 fully saturated rings. The maximum absolute atomic E-state index is 13.0. The van der Waals surface area contributed by atoms with E-state index < -0.39 is 0 Å². The van der Waals surface area contributed by atoms with Gasteiger partial charge in [0.1, 0.15) is 5.75 Å². The average Bonchev–Trinajstić information content (AvgIpc) is 2.84. The lowest BCUT2D eigenvalue weighted by Gasteiger charge is -2.37. The van der Waals surface area contributed by atoms with Gasteiger partial charge in [-0.15, -0.1) is 0 Å². The molecule has 1 atom stereocenters. The molecule has 3 aromatic rings. The number of hydrogen-bond donors (Lipinski definition) is 0. The van der Waals surface area contributed by atoms with Gasteiger partial charge in [-0.25, -0.2) is 9.97 Å². The summed E-state index contributed by atoms with van der Waals surface area (Å²) in [5.41, 5.74) is 4.58. The van der Waals surface area contributed by atoms with Gasteiger partial charge in [-0.1, -0.05) is 35.9 Å². The van der Waals surface area contributed by atoms with Crippen molar-refractivity contribution in [2.75, 3.05) is 43.1 Å². The summed E-state index contributed by atoms with van der Waals surface area (Å²) in [6.45, 7) is 5.25. The van der Waals surface area contributed by atoms with Crippen LogP contribution in [0.15, 0.2) is 48.5 Å². The molecule has 0 saturated carbocycles. The third-order valence-corrected chi connectivity index (χ3v) is 6.89. The zero-order valence-electron chi connectivity index (χ0n) is 18.9. The van der Waals surface area contributed by atoms with Crippen molar-refractivity contribution in [2.24, 2.45) is 0 Å². The normalized spacial score (nSPS) is 18.3. The summed E-state index contributed by atoms with van der Waals surface area (Å²) in [5, 5.41) is 0.703. The van der Waals surface area contributed by atoms with E-state index in [0.29, 0.717) is 17.0 Å². The fraction of sp³-hybridized carbons (Fsp3) is 0.346. The van der Waals surface area contributed by atoms with Crippen LogP contribution in [0, 0.1) is 6.92 Å². The predicted octanol–water partition coefficient (Wildman–Crippen LogP) is 4.69. The molecule has 6 nitrogen and oxygen atoms in total. The fourth-order valence-corrected chi connectivity index (χ4v) is 5.03. The molecule has 0 radical (unpaired) electrons. The smallest absolute Gasteiger partial charge is 0.225 e. The Labute approximate surface area is 199 Å². The summed E-state index contributed by atoms with van der Waals surface area (Å²) in [7, 11) is 1.71. The van der Waals surface area contributed by atoms with E-state index in [4.69, 9.17) is 26.3 Å². The van der Waals surface area contributed by atoms with Crippen molar-refractivity contribution < 1.29 is 9.53 Å². The SMILES string of the molecule is COc1ccccc1N1CCN(c2nc(C)c3c(n2)CC(c2ccc(Cl)cc2)CC3=O)CC1. The number of carbonyl (C=O) groups excluding carboxylic acids is 1. The Morgan fingerprint density at radius 3 is 2.36 bits per heavy atom. The second-order valence-corrected chi connectivity index (χ2v) is 9.09. The molecule has 0 bridgehead atoms. The standard InChI is InChI=1S/C26H27ClN4O2/c1-17-25-21(15-19(16-23(25)32)18-7-9-20(27)10-8-18)29-26(28-17)31-13-11-30(12-14-31)22-5-3-4-6-24(22)33-2/h3-10,19H,11-16H2,1-2H3. The van der Waals surface area contributed by atoms with Crippen LogP contribution in [0.2, 0.25) is 5.02 Å². The number of carbonyl (C=O) groups is 1. The van der Waals surface area contributed by atoms with Gasteiger partial charge in [0.15, 0.2) is 5.78 Å². The van der Waals surface area contributed by atoms with Crippen LogP contribution in [-0.4, -0.2) is 49.0 Å². The molecule has 7 heteroatoms. The Hall–Kier alpha value is -3.12. The monoisotopic (exact) mass is 462 g/mol. The minimum Gasteiger partial charge on any atom is -0.495 e. The van der Waals surface area contributed by atoms with Gasteiger partial charge in [0.25, 0.3) is 0 Å². The number of halogens is 1. The van der Waals surface area contributed by atoms with Crippen LogP contribution in [0.25, 0.3) is 0 Å². The average molecular weight is 463 g/mol. The highest BCUT2D eigenvalue weighted by Crippen LogP contribution is 2.35. The zero-order chi connectivity index (χ0) is 22.9. The molecular weight excluding hydrogens is 436 g/mol. The molecule has 1 aliphatic heterocycles. The van der Waals surface area contributed by atoms with E-state index in [2.05, 4.69) is 15.9 Å². The summed E-state index contributed by atoms with van der Waals surface area (Å²) in [5.74, 6) is 1.85. The molecule has 2 heterocycles. The van der Waals surface area contributed by atoms with E-state index in [1.165, 1.54) is 0 Å². The maximum Gasteiger partial charge on any atom is 0.225 e. The van der Waals surface area contributed by atoms with Crippen molar-refractivity contribution in [1.29, 1.82) is 0 Å². The number of ketones is 1. The number of methoxy groups -OCH3 is 1. The van der Waals surface area contributed by atoms with Crippen molar-refractivity contribution in [3.63, 3.8) is 0 Å². The fourth-order valence-electron chi connectivity index (χ4n) is 4.91. The van der Waals surface area contributed by atoms with Crippen LogP contribution in [-0.2, 0) is 6.42 Å². The van der Waals surface area contributed by atoms with Gasteiger partial charge in [0.2, 0.25) is 5.95 Å². The molecule has 0 amide bonds. The first kappa shape index (κ1) is 21.7. The number of ether oxygens (including phenoxy) is 1. The van der Waals surface area contributed by atoms with E-state index in [0.717, 1.165) is 66.9 Å². The number of anilines is 2. The minimum atomic E-state index is 0.117. The van der Waals surface area contributed by atoms with E-state index in [9.17, 15) is 4.79 Å². The van der Waals surface area contributed by atoms with Gasteiger partial charge in [-0.3, -0.25) is 4.79 Å². The van der Waals surface area contributed by atoms with Crippen LogP contribution in [0.5, 0.6) is 5.75 Å². The Balaban J connectivity index is 1.36. The molecule has 0 spiro atoms. The van der Waals surface area contributed by atoms with Crippen LogP contribution < -0.4 is 14.5 Å². The van der Waals surface area contributed by atoms with Crippen LogP contribution in [0.1, 0.15) is 39.6 Å². The van der Waals surface area contributed by atoms with Crippen molar-refractivity contribution in [3.8, 4) is 5.75 Å². The summed E-state index contributed by atoms with van der Waals surface area (Å²) < 4.78 is 5.53. The summed E-state index contributed by atoms with van der Waals surface area (Å²) in [6, 6.07) is 15.9. The van der Waals surface area contributed by atoms with Crippen molar-refractivity contribution in [1.82, 2.24) is 9.97 Å². The third kappa shape index (κ3) is 4.27. The van der Waals surface area contributed by atoms with Crippen LogP contribution >= 0.6 is 11.6 Å². The highest BCUT2D eigenvalue weighted by molar-refractivity contribution is 6.30. The lowest BCUT2D eigenvalue weighted by molar-refractivity contribution is 0.0962. The number of rotatable bonds is 4. The van der Waals surface area contributed by atoms with Crippen molar-refractivity contribution in [2.45, 2.75) is 25.7 Å². The number of para-hydroxylation sites is 2. The van der Waals surface area contributed by atoms with Crippen LogP contribution in [0.3, 0.4) is 0 Å². The topological polar surface area (TPSA) is 58.6 Å². The summed E-state index contributed by atoms with van der Waals surface area (Å²) in [6.07, 6.45) is 1.22.